The zero-order valence-corrected chi connectivity index (χ0v) is 19.7. The van der Waals surface area contributed by atoms with Crippen LogP contribution in [0.2, 0.25) is 0 Å². The molecule has 0 amide bonds. The third-order valence-corrected chi connectivity index (χ3v) is 5.58. The smallest absolute Gasteiger partial charge is 0.330 e. The van der Waals surface area contributed by atoms with Gasteiger partial charge in [0.25, 0.3) is 0 Å². The first-order chi connectivity index (χ1) is 15.0. The normalized spacial score (nSPS) is 14.7. The Hall–Kier alpha value is -1.19. The van der Waals surface area contributed by atoms with Crippen LogP contribution in [-0.2, 0) is 12.8 Å². The first-order valence-corrected chi connectivity index (χ1v) is 11.6. The van der Waals surface area contributed by atoms with Gasteiger partial charge in [0.1, 0.15) is 0 Å². The van der Waals surface area contributed by atoms with E-state index in [0.29, 0.717) is 16.0 Å². The number of benzene rings is 1. The number of nitrogens with one attached hydrogen (secondary N) is 1. The Morgan fingerprint density at radius 3 is 2.00 bits per heavy atom. The minimum absolute atomic E-state index is 0.180. The fourth-order valence-electron chi connectivity index (χ4n) is 3.15. The summed E-state index contributed by atoms with van der Waals surface area (Å²) < 4.78 is 76.0. The van der Waals surface area contributed by atoms with Crippen LogP contribution in [0.25, 0.3) is 0 Å². The molecular formula is C23H36F6N2S. The van der Waals surface area contributed by atoms with Crippen molar-refractivity contribution in [1.82, 2.24) is 4.72 Å². The van der Waals surface area contributed by atoms with E-state index in [9.17, 15) is 26.3 Å². The first kappa shape index (κ1) is 30.8. The van der Waals surface area contributed by atoms with Gasteiger partial charge in [0.05, 0.1) is 0 Å². The molecule has 0 aliphatic heterocycles. The van der Waals surface area contributed by atoms with Gasteiger partial charge in [0.2, 0.25) is 0 Å². The molecule has 9 heteroatoms. The SMILES string of the molecule is C=CC.CNSc1cc(CCC(F)(F)F)ccc1CCC(F)(F)F.NCC1CCCCC1. The van der Waals surface area contributed by atoms with Crippen LogP contribution in [0.15, 0.2) is 35.7 Å². The highest BCUT2D eigenvalue weighted by Gasteiger charge is 2.28. The molecule has 0 atom stereocenters. The lowest BCUT2D eigenvalue weighted by atomic mass is 9.90. The quantitative estimate of drug-likeness (QED) is 0.236. The fourth-order valence-corrected chi connectivity index (χ4v) is 3.88. The maximum Gasteiger partial charge on any atom is 0.389 e. The molecule has 0 heterocycles. The number of allylic oxidation sites excluding steroid dienone is 1. The second-order valence-electron chi connectivity index (χ2n) is 7.63. The third-order valence-electron chi connectivity index (χ3n) is 4.78. The number of halogens is 6. The zero-order chi connectivity index (χ0) is 24.6. The number of nitrogens with two attached hydrogens (primary N) is 1. The molecule has 0 saturated heterocycles. The molecule has 0 bridgehead atoms. The van der Waals surface area contributed by atoms with Crippen molar-refractivity contribution in [3.63, 3.8) is 0 Å². The van der Waals surface area contributed by atoms with Gasteiger partial charge in [-0.05, 0) is 81.3 Å². The Balaban J connectivity index is 0.000000717. The molecule has 0 spiro atoms. The van der Waals surface area contributed by atoms with Crippen LogP contribution in [0.4, 0.5) is 26.3 Å². The van der Waals surface area contributed by atoms with E-state index in [1.54, 1.807) is 13.1 Å². The van der Waals surface area contributed by atoms with Gasteiger partial charge < -0.3 is 5.73 Å². The van der Waals surface area contributed by atoms with Crippen LogP contribution in [-0.4, -0.2) is 25.9 Å². The molecule has 0 aromatic heterocycles. The molecule has 0 radical (unpaired) electrons. The van der Waals surface area contributed by atoms with Crippen molar-refractivity contribution in [2.24, 2.45) is 11.7 Å². The number of hydrogen-bond donors (Lipinski definition) is 2. The summed E-state index contributed by atoms with van der Waals surface area (Å²) in [5.41, 5.74) is 6.44. The van der Waals surface area contributed by atoms with Gasteiger partial charge in [-0.3, -0.25) is 4.72 Å². The Morgan fingerprint density at radius 1 is 1.03 bits per heavy atom. The zero-order valence-electron chi connectivity index (χ0n) is 18.9. The third kappa shape index (κ3) is 16.4. The van der Waals surface area contributed by atoms with Crippen molar-refractivity contribution < 1.29 is 26.3 Å². The molecule has 1 saturated carbocycles. The van der Waals surface area contributed by atoms with Crippen molar-refractivity contribution in [2.75, 3.05) is 13.6 Å². The van der Waals surface area contributed by atoms with E-state index in [4.69, 9.17) is 5.73 Å². The van der Waals surface area contributed by atoms with Gasteiger partial charge in [0.15, 0.2) is 0 Å². The van der Waals surface area contributed by atoms with Gasteiger partial charge in [0, 0.05) is 17.7 Å². The Labute approximate surface area is 192 Å². The Morgan fingerprint density at radius 2 is 1.56 bits per heavy atom. The molecule has 1 aliphatic carbocycles. The number of alkyl halides is 6. The molecule has 2 rings (SSSR count). The van der Waals surface area contributed by atoms with Gasteiger partial charge in [-0.1, -0.05) is 37.5 Å². The minimum Gasteiger partial charge on any atom is -0.330 e. The van der Waals surface area contributed by atoms with Crippen molar-refractivity contribution in [3.05, 3.63) is 42.0 Å². The lowest BCUT2D eigenvalue weighted by Crippen LogP contribution is -2.16. The topological polar surface area (TPSA) is 38.0 Å². The summed E-state index contributed by atoms with van der Waals surface area (Å²) in [7, 11) is 1.60. The van der Waals surface area contributed by atoms with E-state index in [0.717, 1.165) is 24.4 Å². The first-order valence-electron chi connectivity index (χ1n) is 10.8. The van der Waals surface area contributed by atoms with Gasteiger partial charge >= 0.3 is 12.4 Å². The average molecular weight is 487 g/mol. The molecule has 1 aromatic carbocycles. The lowest BCUT2D eigenvalue weighted by molar-refractivity contribution is -0.135. The predicted octanol–water partition coefficient (Wildman–Crippen LogP) is 7.62. The summed E-state index contributed by atoms with van der Waals surface area (Å²) in [6, 6.07) is 4.44. The summed E-state index contributed by atoms with van der Waals surface area (Å²) in [5.74, 6) is 0.865. The van der Waals surface area contributed by atoms with Crippen molar-refractivity contribution in [3.8, 4) is 0 Å². The van der Waals surface area contributed by atoms with E-state index < -0.39 is 25.2 Å². The summed E-state index contributed by atoms with van der Waals surface area (Å²) in [5, 5.41) is 0. The van der Waals surface area contributed by atoms with Crippen molar-refractivity contribution in [2.45, 2.75) is 82.0 Å². The highest BCUT2D eigenvalue weighted by molar-refractivity contribution is 7.97. The average Bonchev–Trinajstić information content (AvgIpc) is 2.72. The van der Waals surface area contributed by atoms with Crippen LogP contribution < -0.4 is 10.5 Å². The van der Waals surface area contributed by atoms with Gasteiger partial charge in [-0.15, -0.1) is 6.58 Å². The molecule has 3 N–H and O–H groups in total. The minimum atomic E-state index is -4.25. The molecule has 32 heavy (non-hydrogen) atoms. The maximum atomic E-state index is 12.2. The molecule has 2 nitrogen and oxygen atoms in total. The summed E-state index contributed by atoms with van der Waals surface area (Å²) in [6.07, 6.45) is -1.97. The van der Waals surface area contributed by atoms with E-state index in [1.165, 1.54) is 50.3 Å². The molecule has 0 unspecified atom stereocenters. The van der Waals surface area contributed by atoms with Crippen LogP contribution in [0.5, 0.6) is 0 Å². The van der Waals surface area contributed by atoms with E-state index in [1.807, 2.05) is 6.92 Å². The van der Waals surface area contributed by atoms with Crippen LogP contribution >= 0.6 is 11.9 Å². The van der Waals surface area contributed by atoms with Crippen molar-refractivity contribution in [1.29, 1.82) is 0 Å². The predicted molar refractivity (Wildman–Crippen MR) is 122 cm³/mol. The monoisotopic (exact) mass is 486 g/mol. The summed E-state index contributed by atoms with van der Waals surface area (Å²) in [4.78, 5) is 0.529. The Bertz CT molecular complexity index is 626. The van der Waals surface area contributed by atoms with Crippen LogP contribution in [0.1, 0.15) is 63.0 Å². The summed E-state index contributed by atoms with van der Waals surface area (Å²) >= 11 is 1.10. The largest absolute Gasteiger partial charge is 0.389 e. The highest BCUT2D eigenvalue weighted by Crippen LogP contribution is 2.29. The number of aryl methyl sites for hydroxylation is 2. The molecule has 1 fully saturated rings. The second kappa shape index (κ2) is 16.4. The number of rotatable bonds is 7. The number of hydrogen-bond acceptors (Lipinski definition) is 3. The molecule has 1 aliphatic rings. The molecule has 1 aromatic rings. The second-order valence-corrected chi connectivity index (χ2v) is 8.68. The maximum absolute atomic E-state index is 12.2. The molecular weight excluding hydrogens is 450 g/mol. The Kier molecular flexibility index (Phi) is 15.8. The van der Waals surface area contributed by atoms with E-state index >= 15 is 0 Å². The summed E-state index contributed by atoms with van der Waals surface area (Å²) in [6.45, 7) is 6.17. The lowest BCUT2D eigenvalue weighted by Gasteiger charge is -2.18. The van der Waals surface area contributed by atoms with Crippen molar-refractivity contribution >= 4 is 11.9 Å². The van der Waals surface area contributed by atoms with E-state index in [2.05, 4.69) is 11.3 Å². The fraction of sp³-hybridized carbons (Fsp3) is 0.652. The standard InChI is InChI=1S/C13H15F6NS.C7H15N.C3H6/c1-20-21-11-8-9(4-6-12(14,15)16)2-3-10(11)5-7-13(17,18)19;8-6-7-4-2-1-3-5-7;1-3-2/h2-3,8,20H,4-7H2,1H3;7H,1-6,8H2;3H,1H2,2H3. The highest BCUT2D eigenvalue weighted by atomic mass is 32.2. The van der Waals surface area contributed by atoms with Gasteiger partial charge in [-0.2, -0.15) is 26.3 Å². The van der Waals surface area contributed by atoms with Crippen LogP contribution in [0.3, 0.4) is 0 Å². The molecule has 186 valence electrons. The van der Waals surface area contributed by atoms with E-state index in [-0.39, 0.29) is 12.8 Å². The van der Waals surface area contributed by atoms with Gasteiger partial charge in [-0.25, -0.2) is 0 Å². The van der Waals surface area contributed by atoms with Crippen LogP contribution in [0, 0.1) is 5.92 Å².